The highest BCUT2D eigenvalue weighted by molar-refractivity contribution is 5.83. The number of carbonyl (C=O) groups excluding carboxylic acids is 1. The summed E-state index contributed by atoms with van der Waals surface area (Å²) in [5, 5.41) is 0. The van der Waals surface area contributed by atoms with Gasteiger partial charge >= 0.3 is 5.97 Å². The maximum atomic E-state index is 13.8. The van der Waals surface area contributed by atoms with Crippen LogP contribution in [0, 0.1) is 11.6 Å². The third-order valence-electron chi connectivity index (χ3n) is 2.70. The van der Waals surface area contributed by atoms with Crippen LogP contribution in [0.3, 0.4) is 0 Å². The molecule has 0 atom stereocenters. The van der Waals surface area contributed by atoms with Gasteiger partial charge in [0, 0.05) is 23.3 Å². The predicted octanol–water partition coefficient (Wildman–Crippen LogP) is 4.23. The van der Waals surface area contributed by atoms with Crippen molar-refractivity contribution in [1.29, 1.82) is 0 Å². The summed E-state index contributed by atoms with van der Waals surface area (Å²) in [4.78, 5) is 11.0. The van der Waals surface area contributed by atoms with Gasteiger partial charge in [0.15, 0.2) is 0 Å². The molecule has 21 heavy (non-hydrogen) atoms. The molecule has 0 aliphatic heterocycles. The van der Waals surface area contributed by atoms with Crippen molar-refractivity contribution in [1.82, 2.24) is 0 Å². The van der Waals surface area contributed by atoms with E-state index in [1.807, 2.05) is 0 Å². The van der Waals surface area contributed by atoms with E-state index in [4.69, 9.17) is 4.74 Å². The first-order chi connectivity index (χ1) is 10.1. The summed E-state index contributed by atoms with van der Waals surface area (Å²) in [6.07, 6.45) is 3.92. The normalized spacial score (nSPS) is 10.6. The van der Waals surface area contributed by atoms with Crippen molar-refractivity contribution in [3.63, 3.8) is 0 Å². The maximum Gasteiger partial charge on any atom is 0.335 e. The van der Waals surface area contributed by atoms with Crippen molar-refractivity contribution in [3.05, 3.63) is 77.9 Å². The van der Waals surface area contributed by atoms with E-state index in [-0.39, 0.29) is 17.1 Å². The van der Waals surface area contributed by atoms with Crippen LogP contribution in [0.5, 0.6) is 5.75 Å². The summed E-state index contributed by atoms with van der Waals surface area (Å²) < 4.78 is 32.1. The average molecular weight is 286 g/mol. The summed E-state index contributed by atoms with van der Waals surface area (Å²) in [5.74, 6) is -1.54. The molecule has 0 heterocycles. The highest BCUT2D eigenvalue weighted by Gasteiger charge is 2.05. The van der Waals surface area contributed by atoms with Crippen LogP contribution in [0.4, 0.5) is 8.78 Å². The van der Waals surface area contributed by atoms with E-state index in [2.05, 4.69) is 6.58 Å². The van der Waals surface area contributed by atoms with Crippen LogP contribution in [-0.4, -0.2) is 5.97 Å². The second-order valence-corrected chi connectivity index (χ2v) is 4.16. The van der Waals surface area contributed by atoms with Crippen molar-refractivity contribution in [2.75, 3.05) is 0 Å². The number of benzene rings is 2. The molecular formula is C17H12F2O2. The van der Waals surface area contributed by atoms with Gasteiger partial charge in [-0.25, -0.2) is 13.6 Å². The lowest BCUT2D eigenvalue weighted by Gasteiger charge is -2.03. The first kappa shape index (κ1) is 14.7. The predicted molar refractivity (Wildman–Crippen MR) is 77.6 cm³/mol. The Morgan fingerprint density at radius 3 is 2.29 bits per heavy atom. The van der Waals surface area contributed by atoms with Crippen LogP contribution in [0.25, 0.3) is 12.2 Å². The zero-order valence-electron chi connectivity index (χ0n) is 11.1. The van der Waals surface area contributed by atoms with E-state index >= 15 is 0 Å². The van der Waals surface area contributed by atoms with Gasteiger partial charge < -0.3 is 4.74 Å². The lowest BCUT2D eigenvalue weighted by molar-refractivity contribution is -0.128. The minimum atomic E-state index is -0.663. The summed E-state index contributed by atoms with van der Waals surface area (Å²) in [7, 11) is 0. The fourth-order valence-corrected chi connectivity index (χ4v) is 1.65. The summed E-state index contributed by atoms with van der Waals surface area (Å²) in [6, 6.07) is 10.2. The lowest BCUT2D eigenvalue weighted by atomic mass is 10.1. The Hall–Kier alpha value is -2.75. The molecule has 0 unspecified atom stereocenters. The Balaban J connectivity index is 2.20. The Kier molecular flexibility index (Phi) is 4.61. The van der Waals surface area contributed by atoms with E-state index in [9.17, 15) is 13.6 Å². The first-order valence-electron chi connectivity index (χ1n) is 6.16. The molecule has 4 heteroatoms. The smallest absolute Gasteiger partial charge is 0.335 e. The molecule has 0 amide bonds. The number of ether oxygens (including phenoxy) is 1. The number of carbonyl (C=O) groups is 1. The van der Waals surface area contributed by atoms with E-state index in [1.54, 1.807) is 18.2 Å². The van der Waals surface area contributed by atoms with Crippen LogP contribution in [-0.2, 0) is 4.79 Å². The summed E-state index contributed by atoms with van der Waals surface area (Å²) >= 11 is 0. The molecule has 106 valence electrons. The first-order valence-corrected chi connectivity index (χ1v) is 6.16. The van der Waals surface area contributed by atoms with E-state index in [0.717, 1.165) is 12.1 Å². The molecular weight excluding hydrogens is 274 g/mol. The monoisotopic (exact) mass is 286 g/mol. The van der Waals surface area contributed by atoms with E-state index in [1.165, 1.54) is 30.4 Å². The van der Waals surface area contributed by atoms with Crippen molar-refractivity contribution in [3.8, 4) is 5.75 Å². The topological polar surface area (TPSA) is 26.3 Å². The minimum absolute atomic E-state index is 0.0837. The third kappa shape index (κ3) is 3.86. The summed E-state index contributed by atoms with van der Waals surface area (Å²) in [6.45, 7) is 3.25. The number of esters is 1. The van der Waals surface area contributed by atoms with Gasteiger partial charge in [0.2, 0.25) is 0 Å². The SMILES string of the molecule is C=CC(=O)Oc1ccc(/C=C/c2ccccc2F)c(F)c1. The third-order valence-corrected chi connectivity index (χ3v) is 2.70. The van der Waals surface area contributed by atoms with Gasteiger partial charge in [0.1, 0.15) is 17.4 Å². The molecule has 2 aromatic carbocycles. The zero-order chi connectivity index (χ0) is 15.2. The van der Waals surface area contributed by atoms with Gasteiger partial charge in [0.05, 0.1) is 0 Å². The van der Waals surface area contributed by atoms with Crippen molar-refractivity contribution in [2.45, 2.75) is 0 Å². The number of hydrogen-bond donors (Lipinski definition) is 0. The number of hydrogen-bond acceptors (Lipinski definition) is 2. The molecule has 0 radical (unpaired) electrons. The van der Waals surface area contributed by atoms with Crippen LogP contribution < -0.4 is 4.74 Å². The average Bonchev–Trinajstić information content (AvgIpc) is 2.48. The molecule has 0 aromatic heterocycles. The standard InChI is InChI=1S/C17H12F2O2/c1-2-17(20)21-14-10-9-13(16(19)11-14)8-7-12-5-3-4-6-15(12)18/h2-11H,1H2/b8-7+. The van der Waals surface area contributed by atoms with Gasteiger partial charge in [-0.15, -0.1) is 0 Å². The summed E-state index contributed by atoms with van der Waals surface area (Å²) in [5.41, 5.74) is 0.621. The molecule has 0 aliphatic rings. The van der Waals surface area contributed by atoms with Gasteiger partial charge in [-0.3, -0.25) is 0 Å². The molecule has 0 bridgehead atoms. The number of halogens is 2. The minimum Gasteiger partial charge on any atom is -0.423 e. The highest BCUT2D eigenvalue weighted by Crippen LogP contribution is 2.19. The molecule has 0 fully saturated rings. The van der Waals surface area contributed by atoms with Crippen molar-refractivity contribution < 1.29 is 18.3 Å². The van der Waals surface area contributed by atoms with Gasteiger partial charge in [0.25, 0.3) is 0 Å². The Morgan fingerprint density at radius 1 is 1.00 bits per heavy atom. The second kappa shape index (κ2) is 6.61. The Labute approximate surface area is 121 Å². The van der Waals surface area contributed by atoms with E-state index < -0.39 is 11.8 Å². The van der Waals surface area contributed by atoms with Crippen molar-refractivity contribution >= 4 is 18.1 Å². The molecule has 2 rings (SSSR count). The molecule has 0 aliphatic carbocycles. The Bertz CT molecular complexity index is 706. The molecule has 0 spiro atoms. The lowest BCUT2D eigenvalue weighted by Crippen LogP contribution is -2.03. The molecule has 2 nitrogen and oxygen atoms in total. The van der Waals surface area contributed by atoms with E-state index in [0.29, 0.717) is 5.56 Å². The molecule has 0 N–H and O–H groups in total. The highest BCUT2D eigenvalue weighted by atomic mass is 19.1. The number of rotatable bonds is 4. The van der Waals surface area contributed by atoms with Crippen LogP contribution in [0.2, 0.25) is 0 Å². The van der Waals surface area contributed by atoms with Gasteiger partial charge in [-0.2, -0.15) is 0 Å². The van der Waals surface area contributed by atoms with Crippen LogP contribution in [0.15, 0.2) is 55.1 Å². The molecule has 2 aromatic rings. The van der Waals surface area contributed by atoms with Crippen molar-refractivity contribution in [2.24, 2.45) is 0 Å². The zero-order valence-corrected chi connectivity index (χ0v) is 11.1. The fraction of sp³-hybridized carbons (Fsp3) is 0. The maximum absolute atomic E-state index is 13.8. The molecule has 0 saturated heterocycles. The van der Waals surface area contributed by atoms with Gasteiger partial charge in [-0.05, 0) is 18.2 Å². The quantitative estimate of drug-likeness (QED) is 0.364. The molecule has 0 saturated carbocycles. The fourth-order valence-electron chi connectivity index (χ4n) is 1.65. The van der Waals surface area contributed by atoms with Crippen LogP contribution in [0.1, 0.15) is 11.1 Å². The van der Waals surface area contributed by atoms with Crippen LogP contribution >= 0.6 is 0 Å². The largest absolute Gasteiger partial charge is 0.423 e. The van der Waals surface area contributed by atoms with Gasteiger partial charge in [-0.1, -0.05) is 36.9 Å². The Morgan fingerprint density at radius 2 is 1.67 bits per heavy atom. The second-order valence-electron chi connectivity index (χ2n) is 4.16.